The molecule has 6 nitrogen and oxygen atoms in total. The first kappa shape index (κ1) is 24.8. The van der Waals surface area contributed by atoms with Crippen molar-refractivity contribution in [3.05, 3.63) is 46.2 Å². The van der Waals surface area contributed by atoms with Gasteiger partial charge in [-0.05, 0) is 80.0 Å². The van der Waals surface area contributed by atoms with Gasteiger partial charge in [0.2, 0.25) is 0 Å². The lowest BCUT2D eigenvalue weighted by molar-refractivity contribution is 0.0241. The molecule has 2 aliphatic rings. The third-order valence-electron chi connectivity index (χ3n) is 6.47. The molecular weight excluding hydrogens is 501 g/mol. The fraction of sp³-hybridized carbons (Fsp3) is 0.407. The first-order valence-electron chi connectivity index (χ1n) is 12.0. The summed E-state index contributed by atoms with van der Waals surface area (Å²) < 4.78 is 31.5. The van der Waals surface area contributed by atoms with E-state index >= 15 is 4.39 Å². The van der Waals surface area contributed by atoms with Gasteiger partial charge in [-0.2, -0.15) is 4.37 Å². The van der Waals surface area contributed by atoms with E-state index in [-0.39, 0.29) is 6.09 Å². The number of carbonyl (C=O) groups excluding carboxylic acids is 1. The molecule has 1 aliphatic carbocycles. The molecule has 1 aliphatic heterocycles. The molecule has 1 fully saturated rings. The number of hydrogen-bond acceptors (Lipinski definition) is 6. The van der Waals surface area contributed by atoms with Gasteiger partial charge < -0.3 is 19.3 Å². The maximum absolute atomic E-state index is 16.0. The summed E-state index contributed by atoms with van der Waals surface area (Å²) in [5, 5.41) is 1.88. The number of anilines is 1. The molecule has 0 N–H and O–H groups in total. The largest absolute Gasteiger partial charge is 0.497 e. The van der Waals surface area contributed by atoms with Crippen molar-refractivity contribution < 1.29 is 18.7 Å². The van der Waals surface area contributed by atoms with Crippen LogP contribution in [0.1, 0.15) is 38.3 Å². The van der Waals surface area contributed by atoms with E-state index in [1.54, 1.807) is 12.0 Å². The summed E-state index contributed by atoms with van der Waals surface area (Å²) in [4.78, 5) is 16.3. The number of halogens is 2. The van der Waals surface area contributed by atoms with Crippen LogP contribution in [0, 0.1) is 5.82 Å². The molecule has 0 radical (unpaired) electrons. The third-order valence-corrected chi connectivity index (χ3v) is 7.70. The Bertz CT molecular complexity index is 1360. The lowest BCUT2D eigenvalue weighted by atomic mass is 9.89. The van der Waals surface area contributed by atoms with E-state index in [2.05, 4.69) is 15.3 Å². The second-order valence-electron chi connectivity index (χ2n) is 10.1. The first-order chi connectivity index (χ1) is 17.2. The van der Waals surface area contributed by atoms with Crippen molar-refractivity contribution in [1.29, 1.82) is 0 Å². The average Bonchev–Trinajstić information content (AvgIpc) is 3.26. The first-order valence-corrected chi connectivity index (χ1v) is 13.2. The fourth-order valence-electron chi connectivity index (χ4n) is 4.75. The van der Waals surface area contributed by atoms with Crippen LogP contribution in [-0.2, 0) is 11.2 Å². The van der Waals surface area contributed by atoms with Crippen molar-refractivity contribution in [2.24, 2.45) is 0 Å². The predicted molar refractivity (Wildman–Crippen MR) is 144 cm³/mol. The number of methoxy groups -OCH3 is 1. The maximum Gasteiger partial charge on any atom is 0.410 e. The van der Waals surface area contributed by atoms with Crippen LogP contribution < -0.4 is 9.64 Å². The molecule has 1 aromatic heterocycles. The molecule has 0 spiro atoms. The van der Waals surface area contributed by atoms with Gasteiger partial charge in [0.15, 0.2) is 5.82 Å². The number of carbonyl (C=O) groups is 1. The van der Waals surface area contributed by atoms with Crippen molar-refractivity contribution >= 4 is 51.2 Å². The molecule has 0 bridgehead atoms. The smallest absolute Gasteiger partial charge is 0.410 e. The van der Waals surface area contributed by atoms with Gasteiger partial charge in [0.1, 0.15) is 21.9 Å². The van der Waals surface area contributed by atoms with E-state index in [4.69, 9.17) is 21.1 Å². The van der Waals surface area contributed by atoms with Crippen LogP contribution >= 0.6 is 23.1 Å². The zero-order chi connectivity index (χ0) is 25.6. The normalized spacial score (nSPS) is 15.8. The zero-order valence-electron chi connectivity index (χ0n) is 20.9. The molecule has 1 amide bonds. The number of hydrogen-bond donors (Lipinski definition) is 0. The molecular formula is C27H29ClFN3O3S. The maximum atomic E-state index is 16.0. The third kappa shape index (κ3) is 4.64. The van der Waals surface area contributed by atoms with Crippen molar-refractivity contribution in [1.82, 2.24) is 9.27 Å². The summed E-state index contributed by atoms with van der Waals surface area (Å²) in [7, 11) is 1.61. The minimum absolute atomic E-state index is 0.306. The molecule has 2 heterocycles. The number of amides is 1. The highest BCUT2D eigenvalue weighted by Crippen LogP contribution is 2.44. The van der Waals surface area contributed by atoms with Crippen LogP contribution in [0.4, 0.5) is 14.2 Å². The molecule has 5 rings (SSSR count). The Morgan fingerprint density at radius 3 is 2.61 bits per heavy atom. The average molecular weight is 530 g/mol. The highest BCUT2D eigenvalue weighted by atomic mass is 35.5. The van der Waals surface area contributed by atoms with E-state index in [1.165, 1.54) is 11.5 Å². The number of rotatable bonds is 3. The van der Waals surface area contributed by atoms with E-state index in [1.807, 2.05) is 45.0 Å². The Kier molecular flexibility index (Phi) is 6.59. The number of nitrogens with zero attached hydrogens (tertiary/aromatic N) is 3. The Labute approximate surface area is 219 Å². The van der Waals surface area contributed by atoms with E-state index < -0.39 is 11.4 Å². The van der Waals surface area contributed by atoms with Crippen LogP contribution in [0.2, 0.25) is 5.02 Å². The second kappa shape index (κ2) is 9.56. The molecule has 3 aromatic rings. The highest BCUT2D eigenvalue weighted by Gasteiger charge is 2.29. The summed E-state index contributed by atoms with van der Waals surface area (Å²) >= 11 is 8.02. The molecule has 2 aromatic carbocycles. The summed E-state index contributed by atoms with van der Waals surface area (Å²) in [5.41, 5.74) is 2.91. The molecule has 1 saturated heterocycles. The van der Waals surface area contributed by atoms with Crippen LogP contribution in [0.15, 0.2) is 24.3 Å². The van der Waals surface area contributed by atoms with Gasteiger partial charge in [-0.15, -0.1) is 0 Å². The van der Waals surface area contributed by atoms with Gasteiger partial charge in [0, 0.05) is 37.1 Å². The number of aryl methyl sites for hydroxylation is 1. The molecule has 190 valence electrons. The van der Waals surface area contributed by atoms with E-state index in [0.717, 1.165) is 29.0 Å². The van der Waals surface area contributed by atoms with Crippen molar-refractivity contribution in [3.8, 4) is 16.9 Å². The monoisotopic (exact) mass is 529 g/mol. The number of benzene rings is 2. The molecule has 36 heavy (non-hydrogen) atoms. The number of allylic oxidation sites excluding steroid dienone is 1. The Balaban J connectivity index is 1.47. The van der Waals surface area contributed by atoms with Crippen LogP contribution in [-0.4, -0.2) is 54.3 Å². The topological polar surface area (TPSA) is 54.9 Å². The van der Waals surface area contributed by atoms with Gasteiger partial charge in [-0.1, -0.05) is 23.8 Å². The number of fused-ring (bicyclic) bond motifs is 2. The quantitative estimate of drug-likeness (QED) is 0.374. The number of piperazine rings is 1. The Morgan fingerprint density at radius 1 is 1.17 bits per heavy atom. The molecule has 0 atom stereocenters. The summed E-state index contributed by atoms with van der Waals surface area (Å²) in [6.07, 6.45) is 5.62. The van der Waals surface area contributed by atoms with Gasteiger partial charge in [-0.25, -0.2) is 9.18 Å². The van der Waals surface area contributed by atoms with Crippen molar-refractivity contribution in [2.75, 3.05) is 38.2 Å². The van der Waals surface area contributed by atoms with Gasteiger partial charge in [0.05, 0.1) is 12.1 Å². The van der Waals surface area contributed by atoms with Crippen LogP contribution in [0.3, 0.4) is 0 Å². The number of aromatic nitrogens is 1. The molecule has 9 heteroatoms. The minimum atomic E-state index is -0.536. The summed E-state index contributed by atoms with van der Waals surface area (Å²) in [6.45, 7) is 7.81. The molecule has 0 saturated carbocycles. The predicted octanol–water partition coefficient (Wildman–Crippen LogP) is 6.78. The summed E-state index contributed by atoms with van der Waals surface area (Å²) in [5.74, 6) is 0.248. The lowest BCUT2D eigenvalue weighted by Crippen LogP contribution is -2.50. The van der Waals surface area contributed by atoms with Crippen LogP contribution in [0.25, 0.3) is 28.1 Å². The standard InChI is InChI=1S/C27H29ClFN3O3S/c1-27(2,3)35-26(33)32-11-9-31(10-12-32)25-20-15-21(28)22(23(29)24(20)30-36-25)19-14-17(34-4)13-16-7-5-6-8-18(16)19/h6,8,13-15H,5,7,9-12H2,1-4H3. The van der Waals surface area contributed by atoms with E-state index in [0.29, 0.717) is 59.0 Å². The van der Waals surface area contributed by atoms with Gasteiger partial charge in [-0.3, -0.25) is 0 Å². The second-order valence-corrected chi connectivity index (χ2v) is 11.2. The van der Waals surface area contributed by atoms with Gasteiger partial charge in [0.25, 0.3) is 0 Å². The Morgan fingerprint density at radius 2 is 1.92 bits per heavy atom. The van der Waals surface area contributed by atoms with Crippen molar-refractivity contribution in [2.45, 2.75) is 39.2 Å². The summed E-state index contributed by atoms with van der Waals surface area (Å²) in [6, 6.07) is 5.66. The highest BCUT2D eigenvalue weighted by molar-refractivity contribution is 7.11. The van der Waals surface area contributed by atoms with Gasteiger partial charge >= 0.3 is 6.09 Å². The van der Waals surface area contributed by atoms with Crippen molar-refractivity contribution in [3.63, 3.8) is 0 Å². The fourth-order valence-corrected chi connectivity index (χ4v) is 5.95. The molecule has 0 unspecified atom stereocenters. The Hall–Kier alpha value is -2.84. The minimum Gasteiger partial charge on any atom is -0.497 e. The SMILES string of the molecule is COc1cc2c(c(-c3c(Cl)cc4c(N5CCN(C(=O)OC(C)(C)C)CC5)snc4c3F)c1)C=CCC2. The van der Waals surface area contributed by atoms with E-state index in [9.17, 15) is 4.79 Å². The lowest BCUT2D eigenvalue weighted by Gasteiger charge is -2.36. The number of ether oxygens (including phenoxy) is 2. The van der Waals surface area contributed by atoms with Crippen LogP contribution in [0.5, 0.6) is 5.75 Å². The zero-order valence-corrected chi connectivity index (χ0v) is 22.4.